The smallest absolute Gasteiger partial charge is 0.243 e. The molecular weight excluding hydrogens is 284 g/mol. The summed E-state index contributed by atoms with van der Waals surface area (Å²) in [6.45, 7) is 5.77. The molecule has 0 saturated heterocycles. The van der Waals surface area contributed by atoms with E-state index >= 15 is 0 Å². The topological polar surface area (TPSA) is 72.2 Å². The lowest BCUT2D eigenvalue weighted by Crippen LogP contribution is -2.25. The Kier molecular flexibility index (Phi) is 4.34. The van der Waals surface area contributed by atoms with Crippen LogP contribution in [0.2, 0.25) is 0 Å². The summed E-state index contributed by atoms with van der Waals surface area (Å²) in [5.41, 5.74) is 9.68. The summed E-state index contributed by atoms with van der Waals surface area (Å²) >= 11 is 0. The van der Waals surface area contributed by atoms with Crippen molar-refractivity contribution in [2.24, 2.45) is 0 Å². The molecule has 2 aromatic rings. The molecule has 3 N–H and O–H groups in total. The lowest BCUT2D eigenvalue weighted by molar-refractivity contribution is 0.581. The molecule has 5 heteroatoms. The van der Waals surface area contributed by atoms with Gasteiger partial charge in [-0.05, 0) is 37.5 Å². The Balaban J connectivity index is 2.29. The van der Waals surface area contributed by atoms with Crippen molar-refractivity contribution in [1.29, 1.82) is 0 Å². The van der Waals surface area contributed by atoms with Crippen LogP contribution in [0, 0.1) is 20.8 Å². The van der Waals surface area contributed by atoms with Gasteiger partial charge in [0.2, 0.25) is 10.0 Å². The molecule has 4 nitrogen and oxygen atoms in total. The van der Waals surface area contributed by atoms with E-state index in [2.05, 4.69) is 4.72 Å². The van der Waals surface area contributed by atoms with E-state index in [9.17, 15) is 8.42 Å². The van der Waals surface area contributed by atoms with Crippen molar-refractivity contribution in [1.82, 2.24) is 4.72 Å². The molecule has 2 rings (SSSR count). The maximum absolute atomic E-state index is 12.5. The molecule has 112 valence electrons. The van der Waals surface area contributed by atoms with Crippen molar-refractivity contribution >= 4 is 15.7 Å². The third-order valence-corrected chi connectivity index (χ3v) is 5.03. The van der Waals surface area contributed by atoms with Crippen LogP contribution in [0.1, 0.15) is 22.3 Å². The van der Waals surface area contributed by atoms with Crippen molar-refractivity contribution in [3.63, 3.8) is 0 Å². The number of anilines is 1. The van der Waals surface area contributed by atoms with E-state index in [0.29, 0.717) is 11.3 Å². The number of sulfonamides is 1. The van der Waals surface area contributed by atoms with Gasteiger partial charge in [-0.15, -0.1) is 0 Å². The number of benzene rings is 2. The number of hydrogen-bond acceptors (Lipinski definition) is 3. The van der Waals surface area contributed by atoms with Gasteiger partial charge in [0, 0.05) is 6.54 Å². The summed E-state index contributed by atoms with van der Waals surface area (Å²) in [5, 5.41) is 0. The molecule has 2 aromatic carbocycles. The Morgan fingerprint density at radius 1 is 1.05 bits per heavy atom. The summed E-state index contributed by atoms with van der Waals surface area (Å²) in [6.07, 6.45) is 0. The van der Waals surface area contributed by atoms with E-state index in [1.54, 1.807) is 19.9 Å². The zero-order valence-electron chi connectivity index (χ0n) is 12.5. The second-order valence-electron chi connectivity index (χ2n) is 5.26. The van der Waals surface area contributed by atoms with Crippen LogP contribution >= 0.6 is 0 Å². The number of nitrogens with two attached hydrogens (primary N) is 1. The molecule has 0 heterocycles. The van der Waals surface area contributed by atoms with Crippen molar-refractivity contribution in [3.05, 3.63) is 58.7 Å². The summed E-state index contributed by atoms with van der Waals surface area (Å²) in [7, 11) is -3.63. The summed E-state index contributed by atoms with van der Waals surface area (Å²) < 4.78 is 27.6. The molecule has 21 heavy (non-hydrogen) atoms. The molecule has 0 aliphatic carbocycles. The Hall–Kier alpha value is -1.85. The number of rotatable bonds is 4. The molecule has 0 fully saturated rings. The second kappa shape index (κ2) is 5.87. The fraction of sp³-hybridized carbons (Fsp3) is 0.250. The lowest BCUT2D eigenvalue weighted by Gasteiger charge is -2.13. The highest BCUT2D eigenvalue weighted by molar-refractivity contribution is 7.89. The minimum atomic E-state index is -3.63. The third kappa shape index (κ3) is 3.43. The van der Waals surface area contributed by atoms with Crippen LogP contribution in [-0.4, -0.2) is 8.42 Å². The minimum Gasteiger partial charge on any atom is -0.397 e. The van der Waals surface area contributed by atoms with E-state index in [0.717, 1.165) is 16.7 Å². The zero-order chi connectivity index (χ0) is 15.6. The molecule has 0 aliphatic rings. The Morgan fingerprint density at radius 2 is 1.71 bits per heavy atom. The van der Waals surface area contributed by atoms with Gasteiger partial charge < -0.3 is 5.73 Å². The summed E-state index contributed by atoms with van der Waals surface area (Å²) in [4.78, 5) is 0.176. The van der Waals surface area contributed by atoms with Gasteiger partial charge in [-0.3, -0.25) is 0 Å². The lowest BCUT2D eigenvalue weighted by atomic mass is 10.1. The van der Waals surface area contributed by atoms with Crippen molar-refractivity contribution < 1.29 is 8.42 Å². The quantitative estimate of drug-likeness (QED) is 0.853. The first-order valence-corrected chi connectivity index (χ1v) is 8.20. The highest BCUT2D eigenvalue weighted by atomic mass is 32.2. The van der Waals surface area contributed by atoms with Gasteiger partial charge in [-0.25, -0.2) is 13.1 Å². The average molecular weight is 304 g/mol. The van der Waals surface area contributed by atoms with Gasteiger partial charge >= 0.3 is 0 Å². The van der Waals surface area contributed by atoms with Gasteiger partial charge in [0.25, 0.3) is 0 Å². The summed E-state index contributed by atoms with van der Waals surface area (Å²) in [6, 6.07) is 11.3. The van der Waals surface area contributed by atoms with Crippen LogP contribution in [0.5, 0.6) is 0 Å². The Labute approximate surface area is 126 Å². The largest absolute Gasteiger partial charge is 0.397 e. The monoisotopic (exact) mass is 304 g/mol. The molecule has 0 aliphatic heterocycles. The van der Waals surface area contributed by atoms with Crippen LogP contribution < -0.4 is 10.5 Å². The Morgan fingerprint density at radius 3 is 2.38 bits per heavy atom. The van der Waals surface area contributed by atoms with Crippen LogP contribution in [0.4, 0.5) is 5.69 Å². The van der Waals surface area contributed by atoms with Crippen LogP contribution in [-0.2, 0) is 16.6 Å². The highest BCUT2D eigenvalue weighted by Gasteiger charge is 2.20. The normalized spacial score (nSPS) is 11.6. The molecule has 0 aromatic heterocycles. The first-order chi connectivity index (χ1) is 9.81. The highest BCUT2D eigenvalue weighted by Crippen LogP contribution is 2.25. The average Bonchev–Trinajstić information content (AvgIpc) is 2.41. The maximum atomic E-state index is 12.5. The predicted molar refractivity (Wildman–Crippen MR) is 85.5 cm³/mol. The molecule has 0 unspecified atom stereocenters. The van der Waals surface area contributed by atoms with Gasteiger partial charge in [0.05, 0.1) is 5.69 Å². The Bertz CT molecular complexity index is 768. The van der Waals surface area contributed by atoms with Gasteiger partial charge in [-0.2, -0.15) is 0 Å². The molecule has 0 amide bonds. The van der Waals surface area contributed by atoms with Crippen molar-refractivity contribution in [3.8, 4) is 0 Å². The first kappa shape index (κ1) is 15.5. The van der Waals surface area contributed by atoms with Gasteiger partial charge in [-0.1, -0.05) is 42.0 Å². The fourth-order valence-corrected chi connectivity index (χ4v) is 3.68. The van der Waals surface area contributed by atoms with E-state index in [1.165, 1.54) is 0 Å². The van der Waals surface area contributed by atoms with Crippen molar-refractivity contribution in [2.75, 3.05) is 5.73 Å². The second-order valence-corrected chi connectivity index (χ2v) is 6.96. The fourth-order valence-electron chi connectivity index (χ4n) is 2.24. The SMILES string of the molecule is Cc1cccc(CNS(=O)(=O)c2c(C)ccc(C)c2N)c1. The van der Waals surface area contributed by atoms with Crippen LogP contribution in [0.25, 0.3) is 0 Å². The van der Waals surface area contributed by atoms with E-state index in [-0.39, 0.29) is 11.4 Å². The molecule has 0 radical (unpaired) electrons. The number of aryl methyl sites for hydroxylation is 3. The van der Waals surface area contributed by atoms with E-state index in [1.807, 2.05) is 37.3 Å². The molecule has 0 atom stereocenters. The number of hydrogen-bond donors (Lipinski definition) is 2. The summed E-state index contributed by atoms with van der Waals surface area (Å²) in [5.74, 6) is 0. The molecule has 0 bridgehead atoms. The van der Waals surface area contributed by atoms with Crippen LogP contribution in [0.15, 0.2) is 41.3 Å². The van der Waals surface area contributed by atoms with Crippen LogP contribution in [0.3, 0.4) is 0 Å². The predicted octanol–water partition coefficient (Wildman–Crippen LogP) is 2.67. The number of nitrogen functional groups attached to an aromatic ring is 1. The standard InChI is InChI=1S/C16H20N2O2S/c1-11-5-4-6-14(9-11)10-18-21(19,20)16-13(3)8-7-12(2)15(16)17/h4-9,18H,10,17H2,1-3H3. The van der Waals surface area contributed by atoms with Gasteiger partial charge in [0.1, 0.15) is 4.90 Å². The molecular formula is C16H20N2O2S. The van der Waals surface area contributed by atoms with E-state index in [4.69, 9.17) is 5.73 Å². The first-order valence-electron chi connectivity index (χ1n) is 6.72. The van der Waals surface area contributed by atoms with Gasteiger partial charge in [0.15, 0.2) is 0 Å². The minimum absolute atomic E-state index is 0.176. The van der Waals surface area contributed by atoms with Crippen molar-refractivity contribution in [2.45, 2.75) is 32.2 Å². The molecule has 0 spiro atoms. The maximum Gasteiger partial charge on any atom is 0.243 e. The van der Waals surface area contributed by atoms with E-state index < -0.39 is 10.0 Å². The zero-order valence-corrected chi connectivity index (χ0v) is 13.3. The number of nitrogens with one attached hydrogen (secondary N) is 1. The third-order valence-electron chi connectivity index (χ3n) is 3.43. The molecule has 0 saturated carbocycles.